The van der Waals surface area contributed by atoms with Gasteiger partial charge in [0.25, 0.3) is 12.3 Å². The smallest absolute Gasteiger partial charge is 0.270 e. The summed E-state index contributed by atoms with van der Waals surface area (Å²) in [4.78, 5) is 12.7. The van der Waals surface area contributed by atoms with Gasteiger partial charge >= 0.3 is 0 Å². The number of fused-ring (bicyclic) bond motifs is 1. The number of hydrogen-bond acceptors (Lipinski definition) is 3. The van der Waals surface area contributed by atoms with Gasteiger partial charge in [-0.25, -0.2) is 18.6 Å². The number of nitrogens with one attached hydrogen (secondary N) is 2. The minimum absolute atomic E-state index is 0.0215. The normalized spacial score (nSPS) is 27.0. The van der Waals surface area contributed by atoms with Gasteiger partial charge in [-0.2, -0.15) is 0 Å². The van der Waals surface area contributed by atoms with Gasteiger partial charge in [0.05, 0.1) is 0 Å². The fourth-order valence-electron chi connectivity index (χ4n) is 4.04. The number of rotatable bonds is 3. The molecular weight excluding hydrogens is 331 g/mol. The van der Waals surface area contributed by atoms with E-state index in [4.69, 9.17) is 0 Å². The van der Waals surface area contributed by atoms with Crippen molar-refractivity contribution in [3.63, 3.8) is 0 Å². The van der Waals surface area contributed by atoms with Crippen LogP contribution in [-0.2, 0) is 10.2 Å². The van der Waals surface area contributed by atoms with E-state index in [1.165, 1.54) is 30.4 Å². The van der Waals surface area contributed by atoms with Crippen molar-refractivity contribution in [2.75, 3.05) is 12.4 Å². The summed E-state index contributed by atoms with van der Waals surface area (Å²) in [5.74, 6) is -1.17. The van der Waals surface area contributed by atoms with Crippen LogP contribution in [0.4, 0.5) is 18.9 Å². The van der Waals surface area contributed by atoms with Crippen LogP contribution in [0.25, 0.3) is 0 Å². The van der Waals surface area contributed by atoms with E-state index < -0.39 is 17.9 Å². The highest BCUT2D eigenvalue weighted by atomic mass is 19.3. The molecule has 1 aliphatic carbocycles. The Labute approximate surface area is 145 Å². The van der Waals surface area contributed by atoms with Gasteiger partial charge in [0.15, 0.2) is 5.54 Å². The quantitative estimate of drug-likeness (QED) is 0.874. The zero-order valence-electron chi connectivity index (χ0n) is 14.7. The maximum atomic E-state index is 14.4. The first-order chi connectivity index (χ1) is 11.6. The predicted octanol–water partition coefficient (Wildman–Crippen LogP) is 3.52. The molecule has 0 saturated heterocycles. The largest absolute Gasteiger partial charge is 0.324 e. The zero-order chi connectivity index (χ0) is 18.6. The molecule has 0 spiro atoms. The molecule has 0 saturated carbocycles. The monoisotopic (exact) mass is 353 g/mol. The van der Waals surface area contributed by atoms with Crippen molar-refractivity contribution in [1.29, 1.82) is 0 Å². The molecule has 0 radical (unpaired) electrons. The number of amides is 1. The molecule has 2 unspecified atom stereocenters. The van der Waals surface area contributed by atoms with Crippen molar-refractivity contribution in [2.24, 2.45) is 0 Å². The number of carbonyl (C=O) groups is 1. The van der Waals surface area contributed by atoms with Gasteiger partial charge in [0.2, 0.25) is 0 Å². The summed E-state index contributed by atoms with van der Waals surface area (Å²) < 4.78 is 41.6. The van der Waals surface area contributed by atoms with Gasteiger partial charge in [0, 0.05) is 18.9 Å². The molecule has 0 aromatic heterocycles. The van der Waals surface area contributed by atoms with Crippen molar-refractivity contribution >= 4 is 11.6 Å². The highest BCUT2D eigenvalue weighted by Crippen LogP contribution is 2.49. The van der Waals surface area contributed by atoms with Crippen molar-refractivity contribution in [1.82, 2.24) is 10.4 Å². The molecule has 7 heteroatoms. The summed E-state index contributed by atoms with van der Waals surface area (Å²) in [7, 11) is 1.54. The molecule has 0 fully saturated rings. The summed E-state index contributed by atoms with van der Waals surface area (Å²) in [6, 6.07) is 2.73. The Morgan fingerprint density at radius 1 is 1.40 bits per heavy atom. The highest BCUT2D eigenvalue weighted by molar-refractivity contribution is 6.01. The van der Waals surface area contributed by atoms with Crippen LogP contribution in [0, 0.1) is 5.82 Å². The second-order valence-corrected chi connectivity index (χ2v) is 7.53. The number of benzene rings is 1. The highest BCUT2D eigenvalue weighted by Gasteiger charge is 2.49. The fraction of sp³-hybridized carbons (Fsp3) is 0.500. The number of hydrazine groups is 1. The topological polar surface area (TPSA) is 44.4 Å². The predicted molar refractivity (Wildman–Crippen MR) is 89.9 cm³/mol. The van der Waals surface area contributed by atoms with Gasteiger partial charge in [-0.05, 0) is 47.1 Å². The van der Waals surface area contributed by atoms with E-state index in [1.807, 2.05) is 20.8 Å². The first kappa shape index (κ1) is 17.8. The van der Waals surface area contributed by atoms with Gasteiger partial charge in [-0.3, -0.25) is 4.79 Å². The van der Waals surface area contributed by atoms with E-state index in [2.05, 4.69) is 10.7 Å². The lowest BCUT2D eigenvalue weighted by Gasteiger charge is -2.28. The molecule has 2 atom stereocenters. The van der Waals surface area contributed by atoms with Crippen LogP contribution >= 0.6 is 0 Å². The summed E-state index contributed by atoms with van der Waals surface area (Å²) >= 11 is 0. The van der Waals surface area contributed by atoms with Gasteiger partial charge in [-0.1, -0.05) is 20.8 Å². The second-order valence-electron chi connectivity index (χ2n) is 7.53. The van der Waals surface area contributed by atoms with Crippen molar-refractivity contribution in [3.05, 3.63) is 41.4 Å². The molecule has 1 aromatic carbocycles. The lowest BCUT2D eigenvalue weighted by atomic mass is 9.85. The number of halogens is 3. The molecule has 2 aliphatic rings. The van der Waals surface area contributed by atoms with Crippen LogP contribution in [0.1, 0.15) is 44.2 Å². The Morgan fingerprint density at radius 2 is 2.08 bits per heavy atom. The molecule has 136 valence electrons. The van der Waals surface area contributed by atoms with E-state index >= 15 is 0 Å². The molecular formula is C18H22F3N3O. The first-order valence-corrected chi connectivity index (χ1v) is 8.21. The van der Waals surface area contributed by atoms with E-state index in [0.29, 0.717) is 16.8 Å². The Hall–Kier alpha value is -2.02. The summed E-state index contributed by atoms with van der Waals surface area (Å²) in [5.41, 5.74) is 1.62. The third-order valence-corrected chi connectivity index (χ3v) is 5.07. The number of nitrogens with zero attached hydrogens (tertiary/aromatic N) is 1. The van der Waals surface area contributed by atoms with E-state index in [1.54, 1.807) is 0 Å². The molecule has 4 nitrogen and oxygen atoms in total. The average Bonchev–Trinajstić information content (AvgIpc) is 3.01. The molecule has 1 heterocycles. The number of hydrogen-bond donors (Lipinski definition) is 2. The zero-order valence-corrected chi connectivity index (χ0v) is 14.7. The van der Waals surface area contributed by atoms with Crippen molar-refractivity contribution < 1.29 is 18.0 Å². The van der Waals surface area contributed by atoms with Crippen LogP contribution in [0.3, 0.4) is 0 Å². The van der Waals surface area contributed by atoms with Gasteiger partial charge in [0.1, 0.15) is 5.82 Å². The number of alkyl halides is 2. The van der Waals surface area contributed by atoms with Crippen LogP contribution in [0.15, 0.2) is 24.4 Å². The van der Waals surface area contributed by atoms with Crippen molar-refractivity contribution in [3.8, 4) is 0 Å². The lowest BCUT2D eigenvalue weighted by Crippen LogP contribution is -2.58. The third-order valence-electron chi connectivity index (χ3n) is 5.07. The number of carbonyl (C=O) groups excluding carboxylic acids is 1. The molecule has 1 aliphatic heterocycles. The Balaban J connectivity index is 1.99. The minimum atomic E-state index is -2.93. The Kier molecular flexibility index (Phi) is 4.10. The summed E-state index contributed by atoms with van der Waals surface area (Å²) in [6.45, 7) is 5.84. The molecule has 1 aromatic rings. The van der Waals surface area contributed by atoms with Crippen LogP contribution < -0.4 is 10.7 Å². The summed E-state index contributed by atoms with van der Waals surface area (Å²) in [5, 5.41) is 3.91. The van der Waals surface area contributed by atoms with Crippen LogP contribution in [0.2, 0.25) is 0 Å². The van der Waals surface area contributed by atoms with Crippen LogP contribution in [-0.4, -0.2) is 29.9 Å². The van der Waals surface area contributed by atoms with E-state index in [-0.39, 0.29) is 17.2 Å². The second kappa shape index (κ2) is 5.76. The maximum Gasteiger partial charge on any atom is 0.270 e. The SMILES string of the molecule is CC1CC(C)(C)c2c(F)ccc(NC(=O)C3(C(F)F)C=CN(C)N3)c21. The number of anilines is 1. The third kappa shape index (κ3) is 2.70. The van der Waals surface area contributed by atoms with E-state index in [0.717, 1.165) is 12.5 Å². The Bertz CT molecular complexity index is 747. The fourth-order valence-corrected chi connectivity index (χ4v) is 4.04. The molecule has 3 rings (SSSR count). The van der Waals surface area contributed by atoms with Gasteiger partial charge in [-0.15, -0.1) is 0 Å². The molecule has 2 N–H and O–H groups in total. The van der Waals surface area contributed by atoms with Gasteiger partial charge < -0.3 is 10.3 Å². The Morgan fingerprint density at radius 3 is 2.64 bits per heavy atom. The standard InChI is InChI=1S/C18H22F3N3O/c1-10-9-17(2,3)14-11(19)5-6-12(13(10)14)22-16(25)18(15(20)21)7-8-24(4)23-18/h5-8,10,15,23H,9H2,1-4H3,(H,22,25). The molecule has 25 heavy (non-hydrogen) atoms. The van der Waals surface area contributed by atoms with Crippen molar-refractivity contribution in [2.45, 2.75) is 50.5 Å². The average molecular weight is 353 g/mol. The minimum Gasteiger partial charge on any atom is -0.324 e. The van der Waals surface area contributed by atoms with Crippen LogP contribution in [0.5, 0.6) is 0 Å². The lowest BCUT2D eigenvalue weighted by molar-refractivity contribution is -0.127. The summed E-state index contributed by atoms with van der Waals surface area (Å²) in [6.07, 6.45) is 0.319. The first-order valence-electron chi connectivity index (χ1n) is 8.21. The molecule has 1 amide bonds. The van der Waals surface area contributed by atoms with E-state index in [9.17, 15) is 18.0 Å². The molecule has 0 bridgehead atoms. The maximum absolute atomic E-state index is 14.4.